The Hall–Kier alpha value is -1.25. The first-order valence-corrected chi connectivity index (χ1v) is 5.49. The molecule has 0 aromatic carbocycles. The summed E-state index contributed by atoms with van der Waals surface area (Å²) in [5.74, 6) is 5.88. The zero-order chi connectivity index (χ0) is 11.6. The fourth-order valence-electron chi connectivity index (χ4n) is 1.29. The van der Waals surface area contributed by atoms with Crippen LogP contribution in [0, 0.1) is 11.8 Å². The van der Waals surface area contributed by atoms with E-state index in [0.29, 0.717) is 13.2 Å². The molecule has 0 aromatic rings. The minimum atomic E-state index is -0.414. The number of alkyl carbamates (subject to hydrolysis) is 1. The summed E-state index contributed by atoms with van der Waals surface area (Å²) >= 11 is 0. The van der Waals surface area contributed by atoms with E-state index in [1.807, 2.05) is 0 Å². The molecule has 1 saturated heterocycles. The van der Waals surface area contributed by atoms with Gasteiger partial charge >= 0.3 is 6.09 Å². The van der Waals surface area contributed by atoms with Gasteiger partial charge in [-0.2, -0.15) is 0 Å². The second-order valence-electron chi connectivity index (χ2n) is 3.32. The second-order valence-corrected chi connectivity index (χ2v) is 3.32. The zero-order valence-corrected chi connectivity index (χ0v) is 9.62. The Morgan fingerprint density at radius 3 is 2.88 bits per heavy atom. The molecular formula is C11H18N2O3. The molecule has 0 atom stereocenters. The summed E-state index contributed by atoms with van der Waals surface area (Å²) in [5, 5.41) is 2.54. The number of nitrogens with zero attached hydrogens (tertiary/aromatic N) is 1. The fourth-order valence-corrected chi connectivity index (χ4v) is 1.29. The van der Waals surface area contributed by atoms with Crippen LogP contribution in [0.4, 0.5) is 4.79 Å². The molecule has 0 saturated carbocycles. The molecule has 0 unspecified atom stereocenters. The number of morpholine rings is 1. The molecule has 16 heavy (non-hydrogen) atoms. The molecular weight excluding hydrogens is 208 g/mol. The van der Waals surface area contributed by atoms with Crippen LogP contribution in [0.2, 0.25) is 0 Å². The van der Waals surface area contributed by atoms with Crippen LogP contribution in [0.1, 0.15) is 6.92 Å². The van der Waals surface area contributed by atoms with E-state index in [9.17, 15) is 4.79 Å². The molecule has 0 bridgehead atoms. The van der Waals surface area contributed by atoms with Crippen LogP contribution in [0.25, 0.3) is 0 Å². The summed E-state index contributed by atoms with van der Waals surface area (Å²) in [6.07, 6.45) is -0.414. The highest BCUT2D eigenvalue weighted by Crippen LogP contribution is 1.94. The highest BCUT2D eigenvalue weighted by molar-refractivity contribution is 5.67. The van der Waals surface area contributed by atoms with E-state index < -0.39 is 6.09 Å². The average molecular weight is 226 g/mol. The molecule has 1 aliphatic rings. The summed E-state index contributed by atoms with van der Waals surface area (Å²) < 4.78 is 9.92. The van der Waals surface area contributed by atoms with Crippen LogP contribution < -0.4 is 5.32 Å². The minimum Gasteiger partial charge on any atom is -0.450 e. The Bertz CT molecular complexity index is 264. The number of ether oxygens (including phenoxy) is 2. The van der Waals surface area contributed by atoms with Crippen LogP contribution in [0.3, 0.4) is 0 Å². The van der Waals surface area contributed by atoms with Crippen molar-refractivity contribution in [2.45, 2.75) is 6.92 Å². The van der Waals surface area contributed by atoms with Gasteiger partial charge in [0.1, 0.15) is 0 Å². The van der Waals surface area contributed by atoms with Gasteiger partial charge < -0.3 is 14.8 Å². The van der Waals surface area contributed by atoms with E-state index in [4.69, 9.17) is 9.47 Å². The van der Waals surface area contributed by atoms with Gasteiger partial charge in [-0.1, -0.05) is 11.8 Å². The van der Waals surface area contributed by atoms with Crippen molar-refractivity contribution >= 4 is 6.09 Å². The summed E-state index contributed by atoms with van der Waals surface area (Å²) in [6, 6.07) is 0. The number of nitrogens with one attached hydrogen (secondary N) is 1. The third-order valence-corrected chi connectivity index (χ3v) is 2.13. The maximum Gasteiger partial charge on any atom is 0.407 e. The van der Waals surface area contributed by atoms with Crippen molar-refractivity contribution in [3.63, 3.8) is 0 Å². The van der Waals surface area contributed by atoms with Gasteiger partial charge in [0.05, 0.1) is 32.9 Å². The molecule has 0 aromatic heterocycles. The Balaban J connectivity index is 2.05. The number of amides is 1. The lowest BCUT2D eigenvalue weighted by molar-refractivity contribution is 0.0443. The normalized spacial score (nSPS) is 16.1. The van der Waals surface area contributed by atoms with Gasteiger partial charge in [0.25, 0.3) is 0 Å². The lowest BCUT2D eigenvalue weighted by Gasteiger charge is -2.24. The number of hydrogen-bond donors (Lipinski definition) is 1. The standard InChI is InChI=1S/C11H18N2O3/c1-2-16-11(14)12-5-3-4-6-13-7-9-15-10-8-13/h2,5-10H2,1H3,(H,12,14). The van der Waals surface area contributed by atoms with Gasteiger partial charge in [-0.05, 0) is 6.92 Å². The van der Waals surface area contributed by atoms with Gasteiger partial charge in [-0.25, -0.2) is 4.79 Å². The third kappa shape index (κ3) is 5.59. The first kappa shape index (κ1) is 12.8. The molecule has 1 N–H and O–H groups in total. The Morgan fingerprint density at radius 2 is 2.19 bits per heavy atom. The largest absolute Gasteiger partial charge is 0.450 e. The Labute approximate surface area is 96.1 Å². The van der Waals surface area contributed by atoms with Crippen molar-refractivity contribution in [3.05, 3.63) is 0 Å². The van der Waals surface area contributed by atoms with Crippen molar-refractivity contribution in [2.75, 3.05) is 46.0 Å². The van der Waals surface area contributed by atoms with Gasteiger partial charge in [0, 0.05) is 13.1 Å². The fraction of sp³-hybridized carbons (Fsp3) is 0.727. The lowest BCUT2D eigenvalue weighted by Crippen LogP contribution is -2.36. The topological polar surface area (TPSA) is 50.8 Å². The number of rotatable bonds is 3. The van der Waals surface area contributed by atoms with E-state index in [2.05, 4.69) is 22.1 Å². The van der Waals surface area contributed by atoms with Crippen molar-refractivity contribution in [3.8, 4) is 11.8 Å². The molecule has 1 amide bonds. The molecule has 0 spiro atoms. The highest BCUT2D eigenvalue weighted by Gasteiger charge is 2.07. The van der Waals surface area contributed by atoms with Crippen LogP contribution in [-0.2, 0) is 9.47 Å². The summed E-state index contributed by atoms with van der Waals surface area (Å²) in [7, 11) is 0. The summed E-state index contributed by atoms with van der Waals surface area (Å²) in [4.78, 5) is 13.1. The van der Waals surface area contributed by atoms with E-state index in [0.717, 1.165) is 32.8 Å². The first-order chi connectivity index (χ1) is 7.83. The van der Waals surface area contributed by atoms with Crippen LogP contribution in [0.5, 0.6) is 0 Å². The van der Waals surface area contributed by atoms with E-state index in [1.165, 1.54) is 0 Å². The smallest absolute Gasteiger partial charge is 0.407 e. The van der Waals surface area contributed by atoms with Crippen molar-refractivity contribution in [1.29, 1.82) is 0 Å². The van der Waals surface area contributed by atoms with Crippen LogP contribution >= 0.6 is 0 Å². The number of carbonyl (C=O) groups is 1. The highest BCUT2D eigenvalue weighted by atomic mass is 16.5. The molecule has 90 valence electrons. The monoisotopic (exact) mass is 226 g/mol. The zero-order valence-electron chi connectivity index (χ0n) is 9.62. The van der Waals surface area contributed by atoms with Gasteiger partial charge in [0.15, 0.2) is 0 Å². The summed E-state index contributed by atoms with van der Waals surface area (Å²) in [5.41, 5.74) is 0. The maximum absolute atomic E-state index is 10.9. The second kappa shape index (κ2) is 7.97. The first-order valence-electron chi connectivity index (χ1n) is 5.49. The molecule has 5 heteroatoms. The molecule has 1 fully saturated rings. The predicted molar refractivity (Wildman–Crippen MR) is 60.1 cm³/mol. The maximum atomic E-state index is 10.9. The van der Waals surface area contributed by atoms with E-state index in [1.54, 1.807) is 6.92 Å². The van der Waals surface area contributed by atoms with Crippen LogP contribution in [0.15, 0.2) is 0 Å². The molecule has 1 rings (SSSR count). The Morgan fingerprint density at radius 1 is 1.44 bits per heavy atom. The lowest BCUT2D eigenvalue weighted by atomic mass is 10.4. The van der Waals surface area contributed by atoms with Gasteiger partial charge in [-0.3, -0.25) is 4.90 Å². The number of carbonyl (C=O) groups excluding carboxylic acids is 1. The quantitative estimate of drug-likeness (QED) is 0.692. The molecule has 1 heterocycles. The molecule has 0 aliphatic carbocycles. The van der Waals surface area contributed by atoms with E-state index >= 15 is 0 Å². The third-order valence-electron chi connectivity index (χ3n) is 2.13. The average Bonchev–Trinajstić information content (AvgIpc) is 2.30. The van der Waals surface area contributed by atoms with Crippen LogP contribution in [-0.4, -0.2) is 57.0 Å². The van der Waals surface area contributed by atoms with Crippen molar-refractivity contribution in [1.82, 2.24) is 10.2 Å². The van der Waals surface area contributed by atoms with E-state index in [-0.39, 0.29) is 0 Å². The molecule has 1 aliphatic heterocycles. The molecule has 0 radical (unpaired) electrons. The minimum absolute atomic E-state index is 0.336. The van der Waals surface area contributed by atoms with Crippen molar-refractivity contribution < 1.29 is 14.3 Å². The predicted octanol–water partition coefficient (Wildman–Crippen LogP) is 0.0681. The van der Waals surface area contributed by atoms with Crippen molar-refractivity contribution in [2.24, 2.45) is 0 Å². The number of hydrogen-bond acceptors (Lipinski definition) is 4. The Kier molecular flexibility index (Phi) is 6.38. The van der Waals surface area contributed by atoms with Gasteiger partial charge in [-0.15, -0.1) is 0 Å². The SMILES string of the molecule is CCOC(=O)NCC#CCN1CCOCC1. The summed E-state index contributed by atoms with van der Waals surface area (Å²) in [6.45, 7) is 6.64. The molecule has 5 nitrogen and oxygen atoms in total. The van der Waals surface area contributed by atoms with Gasteiger partial charge in [0.2, 0.25) is 0 Å².